The first-order valence-corrected chi connectivity index (χ1v) is 8.08. The molecule has 0 bridgehead atoms. The van der Waals surface area contributed by atoms with E-state index in [1.165, 1.54) is 0 Å². The zero-order chi connectivity index (χ0) is 16.1. The van der Waals surface area contributed by atoms with Crippen LogP contribution in [0.4, 0.5) is 0 Å². The second-order valence-corrected chi connectivity index (χ2v) is 6.39. The van der Waals surface area contributed by atoms with Crippen LogP contribution in [0, 0.1) is 19.8 Å². The van der Waals surface area contributed by atoms with Crippen molar-refractivity contribution < 1.29 is 9.59 Å². The molecule has 1 amide bonds. The summed E-state index contributed by atoms with van der Waals surface area (Å²) in [5.74, 6) is 0.505. The normalized spacial score (nSPS) is 20.5. The van der Waals surface area contributed by atoms with Crippen LogP contribution in [-0.4, -0.2) is 30.8 Å². The monoisotopic (exact) mass is 338 g/mol. The lowest BCUT2D eigenvalue weighted by molar-refractivity contribution is -0.122. The second kappa shape index (κ2) is 9.04. The lowest BCUT2D eigenvalue weighted by Crippen LogP contribution is -2.50. The zero-order valence-corrected chi connectivity index (χ0v) is 15.0. The highest BCUT2D eigenvalue weighted by molar-refractivity contribution is 5.99. The minimum atomic E-state index is -0.0285. The number of aryl methyl sites for hydroxylation is 2. The number of benzene rings is 1. The summed E-state index contributed by atoms with van der Waals surface area (Å²) in [7, 11) is 0. The molecule has 2 rings (SSSR count). The number of piperidine rings is 1. The molecule has 1 saturated heterocycles. The van der Waals surface area contributed by atoms with Crippen molar-refractivity contribution in [2.24, 2.45) is 5.92 Å². The van der Waals surface area contributed by atoms with Crippen LogP contribution < -0.4 is 10.6 Å². The van der Waals surface area contributed by atoms with Crippen molar-refractivity contribution in [2.45, 2.75) is 46.1 Å². The highest BCUT2D eigenvalue weighted by Gasteiger charge is 2.22. The minimum Gasteiger partial charge on any atom is -0.352 e. The molecule has 128 valence electrons. The van der Waals surface area contributed by atoms with Gasteiger partial charge in [-0.05, 0) is 44.4 Å². The second-order valence-electron chi connectivity index (χ2n) is 6.39. The predicted molar refractivity (Wildman–Crippen MR) is 95.3 cm³/mol. The first kappa shape index (κ1) is 19.7. The summed E-state index contributed by atoms with van der Waals surface area (Å²) >= 11 is 0. The Hall–Kier alpha value is -1.39. The summed E-state index contributed by atoms with van der Waals surface area (Å²) < 4.78 is 0. The van der Waals surface area contributed by atoms with Crippen LogP contribution in [0.2, 0.25) is 0 Å². The lowest BCUT2D eigenvalue weighted by atomic mass is 9.94. The van der Waals surface area contributed by atoms with E-state index in [1.807, 2.05) is 32.0 Å². The van der Waals surface area contributed by atoms with Gasteiger partial charge < -0.3 is 10.6 Å². The molecule has 1 fully saturated rings. The molecule has 0 radical (unpaired) electrons. The van der Waals surface area contributed by atoms with Crippen molar-refractivity contribution in [3.05, 3.63) is 34.9 Å². The molecule has 2 atom stereocenters. The van der Waals surface area contributed by atoms with Gasteiger partial charge >= 0.3 is 0 Å². The maximum absolute atomic E-state index is 12.3. The molecule has 23 heavy (non-hydrogen) atoms. The molecule has 2 unspecified atom stereocenters. The Morgan fingerprint density at radius 2 is 2.00 bits per heavy atom. The standard InChI is InChI=1S/C18H26N2O2.ClH/c1-12-4-5-13(2)15(10-12)17(21)6-7-18(22)20-16-11-19-9-8-14(16)3;/h4-5,10,14,16,19H,6-9,11H2,1-3H3,(H,20,22);1H. The highest BCUT2D eigenvalue weighted by atomic mass is 35.5. The summed E-state index contributed by atoms with van der Waals surface area (Å²) in [4.78, 5) is 24.3. The average molecular weight is 339 g/mol. The van der Waals surface area contributed by atoms with Crippen molar-refractivity contribution >= 4 is 24.1 Å². The van der Waals surface area contributed by atoms with E-state index >= 15 is 0 Å². The van der Waals surface area contributed by atoms with Gasteiger partial charge in [-0.3, -0.25) is 9.59 Å². The predicted octanol–water partition coefficient (Wildman–Crippen LogP) is 2.80. The number of hydrogen-bond acceptors (Lipinski definition) is 3. The Balaban J connectivity index is 0.00000264. The molecule has 1 aliphatic rings. The van der Waals surface area contributed by atoms with E-state index in [1.54, 1.807) is 0 Å². The number of nitrogens with one attached hydrogen (secondary N) is 2. The Morgan fingerprint density at radius 3 is 2.70 bits per heavy atom. The first-order chi connectivity index (χ1) is 10.5. The quantitative estimate of drug-likeness (QED) is 0.812. The van der Waals surface area contributed by atoms with Gasteiger partial charge in [-0.15, -0.1) is 12.4 Å². The van der Waals surface area contributed by atoms with Crippen LogP contribution in [0.25, 0.3) is 0 Å². The van der Waals surface area contributed by atoms with E-state index in [0.717, 1.165) is 36.2 Å². The summed E-state index contributed by atoms with van der Waals surface area (Å²) in [6.07, 6.45) is 1.60. The summed E-state index contributed by atoms with van der Waals surface area (Å²) in [5.41, 5.74) is 2.78. The largest absolute Gasteiger partial charge is 0.352 e. The van der Waals surface area contributed by atoms with Gasteiger partial charge in [0.1, 0.15) is 0 Å². The van der Waals surface area contributed by atoms with E-state index in [9.17, 15) is 9.59 Å². The Labute approximate surface area is 144 Å². The van der Waals surface area contributed by atoms with E-state index < -0.39 is 0 Å². The Morgan fingerprint density at radius 1 is 1.26 bits per heavy atom. The van der Waals surface area contributed by atoms with Crippen molar-refractivity contribution in [2.75, 3.05) is 13.1 Å². The van der Waals surface area contributed by atoms with Crippen LogP contribution in [-0.2, 0) is 4.79 Å². The third kappa shape index (κ3) is 5.63. The Kier molecular flexibility index (Phi) is 7.73. The number of rotatable bonds is 5. The molecular weight excluding hydrogens is 312 g/mol. The van der Waals surface area contributed by atoms with Gasteiger partial charge in [-0.2, -0.15) is 0 Å². The fourth-order valence-electron chi connectivity index (χ4n) is 2.86. The number of halogens is 1. The number of Topliss-reactive ketones (excluding diaryl/α,β-unsaturated/α-hetero) is 1. The maximum atomic E-state index is 12.3. The molecular formula is C18H27ClN2O2. The van der Waals surface area contributed by atoms with Crippen LogP contribution >= 0.6 is 12.4 Å². The minimum absolute atomic E-state index is 0. The highest BCUT2D eigenvalue weighted by Crippen LogP contribution is 2.15. The SMILES string of the molecule is Cc1ccc(C)c(C(=O)CCC(=O)NC2CNCCC2C)c1.Cl. The molecule has 5 heteroatoms. The average Bonchev–Trinajstić information content (AvgIpc) is 2.49. The smallest absolute Gasteiger partial charge is 0.220 e. The van der Waals surface area contributed by atoms with Crippen molar-refractivity contribution in [3.8, 4) is 0 Å². The van der Waals surface area contributed by atoms with Gasteiger partial charge in [0.05, 0.1) is 0 Å². The van der Waals surface area contributed by atoms with E-state index in [4.69, 9.17) is 0 Å². The number of amides is 1. The van der Waals surface area contributed by atoms with Gasteiger partial charge in [-0.25, -0.2) is 0 Å². The van der Waals surface area contributed by atoms with Crippen molar-refractivity contribution in [1.29, 1.82) is 0 Å². The molecule has 4 nitrogen and oxygen atoms in total. The number of ketones is 1. The van der Waals surface area contributed by atoms with Crippen LogP contribution in [0.5, 0.6) is 0 Å². The Bertz CT molecular complexity index is 560. The van der Waals surface area contributed by atoms with Gasteiger partial charge in [-0.1, -0.05) is 24.6 Å². The lowest BCUT2D eigenvalue weighted by Gasteiger charge is -2.30. The van der Waals surface area contributed by atoms with Gasteiger partial charge in [0.25, 0.3) is 0 Å². The molecule has 0 spiro atoms. The fraction of sp³-hybridized carbons (Fsp3) is 0.556. The topological polar surface area (TPSA) is 58.2 Å². The van der Waals surface area contributed by atoms with Gasteiger partial charge in [0.2, 0.25) is 5.91 Å². The third-order valence-corrected chi connectivity index (χ3v) is 4.45. The van der Waals surface area contributed by atoms with Crippen molar-refractivity contribution in [1.82, 2.24) is 10.6 Å². The third-order valence-electron chi connectivity index (χ3n) is 4.45. The molecule has 1 aliphatic heterocycles. The number of carbonyl (C=O) groups is 2. The van der Waals surface area contributed by atoms with Gasteiger partial charge in [0.15, 0.2) is 5.78 Å². The van der Waals surface area contributed by atoms with Crippen LogP contribution in [0.15, 0.2) is 18.2 Å². The molecule has 1 heterocycles. The van der Waals surface area contributed by atoms with E-state index in [-0.39, 0.29) is 43.0 Å². The maximum Gasteiger partial charge on any atom is 0.220 e. The van der Waals surface area contributed by atoms with Crippen LogP contribution in [0.1, 0.15) is 47.7 Å². The van der Waals surface area contributed by atoms with E-state index in [0.29, 0.717) is 5.92 Å². The van der Waals surface area contributed by atoms with Crippen LogP contribution in [0.3, 0.4) is 0 Å². The van der Waals surface area contributed by atoms with Gasteiger partial charge in [0, 0.05) is 31.0 Å². The van der Waals surface area contributed by atoms with Crippen molar-refractivity contribution in [3.63, 3.8) is 0 Å². The summed E-state index contributed by atoms with van der Waals surface area (Å²) in [6.45, 7) is 7.89. The molecule has 1 aromatic carbocycles. The summed E-state index contributed by atoms with van der Waals surface area (Å²) in [6, 6.07) is 6.04. The van der Waals surface area contributed by atoms with E-state index in [2.05, 4.69) is 17.6 Å². The number of carbonyl (C=O) groups excluding carboxylic acids is 2. The zero-order valence-electron chi connectivity index (χ0n) is 14.1. The summed E-state index contributed by atoms with van der Waals surface area (Å²) in [5, 5.41) is 6.34. The fourth-order valence-corrected chi connectivity index (χ4v) is 2.86. The molecule has 0 aliphatic carbocycles. The molecule has 0 saturated carbocycles. The molecule has 0 aromatic heterocycles. The first-order valence-electron chi connectivity index (χ1n) is 8.08. The molecule has 2 N–H and O–H groups in total. The number of hydrogen-bond donors (Lipinski definition) is 2. The molecule has 1 aromatic rings.